The first-order chi connectivity index (χ1) is 8.61. The lowest BCUT2D eigenvalue weighted by molar-refractivity contribution is 0.0153. The van der Waals surface area contributed by atoms with E-state index in [0.717, 1.165) is 5.56 Å². The maximum atomic E-state index is 9.67. The zero-order valence-electron chi connectivity index (χ0n) is 10.3. The molecule has 0 bridgehead atoms. The van der Waals surface area contributed by atoms with Gasteiger partial charge in [0.05, 0.1) is 31.9 Å². The molecule has 1 atom stereocenters. The molecule has 0 saturated carbocycles. The molecular weight excluding hydrogens is 252 g/mol. The Labute approximate surface area is 112 Å². The quantitative estimate of drug-likeness (QED) is 0.765. The van der Waals surface area contributed by atoms with Crippen LogP contribution in [0.2, 0.25) is 5.02 Å². The summed E-state index contributed by atoms with van der Waals surface area (Å²) in [7, 11) is 1.78. The molecule has 1 rings (SSSR count). The lowest BCUT2D eigenvalue weighted by Crippen LogP contribution is -2.32. The smallest absolute Gasteiger partial charge is 0.0900 e. The monoisotopic (exact) mass is 268 g/mol. The molecule has 4 nitrogen and oxygen atoms in total. The molecule has 0 aromatic heterocycles. The molecule has 0 heterocycles. The maximum absolute atomic E-state index is 9.67. The minimum Gasteiger partial charge on any atom is -0.389 e. The van der Waals surface area contributed by atoms with Crippen LogP contribution in [0.5, 0.6) is 0 Å². The van der Waals surface area contributed by atoms with Crippen LogP contribution in [0, 0.1) is 11.3 Å². The first-order valence-electron chi connectivity index (χ1n) is 5.67. The van der Waals surface area contributed by atoms with E-state index in [-0.39, 0.29) is 6.61 Å². The number of nitrogens with zero attached hydrogens (tertiary/aromatic N) is 2. The third-order valence-electron chi connectivity index (χ3n) is 2.36. The van der Waals surface area contributed by atoms with Crippen molar-refractivity contribution in [2.45, 2.75) is 12.7 Å². The Balaban J connectivity index is 2.21. The number of halogens is 1. The SMILES string of the molecule is CN(CC#N)CC(O)COCc1ccc(Cl)cc1. The predicted octanol–water partition coefficient (Wildman–Crippen LogP) is 1.67. The highest BCUT2D eigenvalue weighted by Crippen LogP contribution is 2.10. The van der Waals surface area contributed by atoms with Crippen LogP contribution in [0.3, 0.4) is 0 Å². The molecule has 0 amide bonds. The Morgan fingerprint density at radius 1 is 1.44 bits per heavy atom. The van der Waals surface area contributed by atoms with Gasteiger partial charge in [-0.1, -0.05) is 23.7 Å². The molecule has 1 N–H and O–H groups in total. The summed E-state index contributed by atoms with van der Waals surface area (Å²) in [6.45, 7) is 1.41. The molecule has 0 spiro atoms. The molecule has 5 heteroatoms. The minimum atomic E-state index is -0.587. The van der Waals surface area contributed by atoms with Gasteiger partial charge in [0.15, 0.2) is 0 Å². The van der Waals surface area contributed by atoms with Crippen LogP contribution >= 0.6 is 11.6 Å². The van der Waals surface area contributed by atoms with Crippen molar-refractivity contribution in [3.8, 4) is 6.07 Å². The summed E-state index contributed by atoms with van der Waals surface area (Å²) in [6.07, 6.45) is -0.587. The van der Waals surface area contributed by atoms with Gasteiger partial charge in [0.1, 0.15) is 0 Å². The van der Waals surface area contributed by atoms with Crippen LogP contribution < -0.4 is 0 Å². The zero-order valence-corrected chi connectivity index (χ0v) is 11.1. The van der Waals surface area contributed by atoms with Crippen LogP contribution in [0.1, 0.15) is 5.56 Å². The fraction of sp³-hybridized carbons (Fsp3) is 0.462. The molecule has 1 unspecified atom stereocenters. The molecule has 0 saturated heterocycles. The summed E-state index contributed by atoms with van der Waals surface area (Å²) in [5.74, 6) is 0. The van der Waals surface area contributed by atoms with Gasteiger partial charge in [-0.3, -0.25) is 4.90 Å². The van der Waals surface area contributed by atoms with E-state index >= 15 is 0 Å². The average molecular weight is 269 g/mol. The van der Waals surface area contributed by atoms with Crippen molar-refractivity contribution in [1.82, 2.24) is 4.90 Å². The van der Waals surface area contributed by atoms with Crippen LogP contribution in [0.15, 0.2) is 24.3 Å². The molecule has 0 aliphatic carbocycles. The Morgan fingerprint density at radius 3 is 2.72 bits per heavy atom. The van der Waals surface area contributed by atoms with Crippen molar-refractivity contribution in [2.75, 3.05) is 26.7 Å². The van der Waals surface area contributed by atoms with Gasteiger partial charge in [0.25, 0.3) is 0 Å². The van der Waals surface area contributed by atoms with Gasteiger partial charge in [0.2, 0.25) is 0 Å². The van der Waals surface area contributed by atoms with Crippen LogP contribution in [-0.4, -0.2) is 42.9 Å². The molecule has 0 fully saturated rings. The van der Waals surface area contributed by atoms with E-state index in [1.807, 2.05) is 18.2 Å². The van der Waals surface area contributed by atoms with E-state index < -0.39 is 6.10 Å². The van der Waals surface area contributed by atoms with Crippen molar-refractivity contribution in [3.05, 3.63) is 34.9 Å². The van der Waals surface area contributed by atoms with Gasteiger partial charge >= 0.3 is 0 Å². The second-order valence-corrected chi connectivity index (χ2v) is 4.59. The van der Waals surface area contributed by atoms with Gasteiger partial charge in [0, 0.05) is 11.6 Å². The van der Waals surface area contributed by atoms with Gasteiger partial charge in [-0.25, -0.2) is 0 Å². The van der Waals surface area contributed by atoms with Crippen LogP contribution in [-0.2, 0) is 11.3 Å². The van der Waals surface area contributed by atoms with Gasteiger partial charge < -0.3 is 9.84 Å². The number of rotatable bonds is 7. The normalized spacial score (nSPS) is 12.4. The topological polar surface area (TPSA) is 56.5 Å². The molecule has 18 heavy (non-hydrogen) atoms. The van der Waals surface area contributed by atoms with E-state index in [0.29, 0.717) is 24.7 Å². The summed E-state index contributed by atoms with van der Waals surface area (Å²) in [5, 5.41) is 18.8. The highest BCUT2D eigenvalue weighted by Gasteiger charge is 2.08. The second-order valence-electron chi connectivity index (χ2n) is 4.15. The number of likely N-dealkylation sites (N-methyl/N-ethyl adjacent to an activating group) is 1. The Kier molecular flexibility index (Phi) is 6.69. The highest BCUT2D eigenvalue weighted by atomic mass is 35.5. The largest absolute Gasteiger partial charge is 0.389 e. The van der Waals surface area contributed by atoms with Crippen LogP contribution in [0.25, 0.3) is 0 Å². The van der Waals surface area contributed by atoms with Gasteiger partial charge in [-0.05, 0) is 24.7 Å². The number of aliphatic hydroxyl groups is 1. The Morgan fingerprint density at radius 2 is 2.11 bits per heavy atom. The van der Waals surface area contributed by atoms with Crippen LogP contribution in [0.4, 0.5) is 0 Å². The summed E-state index contributed by atoms with van der Waals surface area (Å²) >= 11 is 5.77. The highest BCUT2D eigenvalue weighted by molar-refractivity contribution is 6.30. The molecule has 1 aromatic carbocycles. The third-order valence-corrected chi connectivity index (χ3v) is 2.61. The summed E-state index contributed by atoms with van der Waals surface area (Å²) in [5.41, 5.74) is 1.01. The lowest BCUT2D eigenvalue weighted by atomic mass is 10.2. The standard InChI is InChI=1S/C13H17ClN2O2/c1-16(7-6-15)8-13(17)10-18-9-11-2-4-12(14)5-3-11/h2-5,13,17H,7-10H2,1H3. The Hall–Kier alpha value is -1.12. The first-order valence-corrected chi connectivity index (χ1v) is 6.05. The van der Waals surface area contributed by atoms with Crippen molar-refractivity contribution in [1.29, 1.82) is 5.26 Å². The number of aliphatic hydroxyl groups excluding tert-OH is 1. The molecular formula is C13H17ClN2O2. The Bertz CT molecular complexity index is 389. The fourth-order valence-corrected chi connectivity index (χ4v) is 1.62. The van der Waals surface area contributed by atoms with Crippen molar-refractivity contribution >= 4 is 11.6 Å². The van der Waals surface area contributed by atoms with Gasteiger partial charge in [-0.2, -0.15) is 5.26 Å². The van der Waals surface area contributed by atoms with Crippen molar-refractivity contribution < 1.29 is 9.84 Å². The number of hydrogen-bond acceptors (Lipinski definition) is 4. The van der Waals surface area contributed by atoms with E-state index in [1.54, 1.807) is 24.1 Å². The first kappa shape index (κ1) is 14.9. The average Bonchev–Trinajstić information content (AvgIpc) is 2.32. The summed E-state index contributed by atoms with van der Waals surface area (Å²) in [6, 6.07) is 9.40. The number of benzene rings is 1. The zero-order chi connectivity index (χ0) is 13.4. The van der Waals surface area contributed by atoms with E-state index in [1.165, 1.54) is 0 Å². The molecule has 0 aliphatic heterocycles. The molecule has 0 radical (unpaired) electrons. The lowest BCUT2D eigenvalue weighted by Gasteiger charge is -2.17. The predicted molar refractivity (Wildman–Crippen MR) is 70.2 cm³/mol. The summed E-state index contributed by atoms with van der Waals surface area (Å²) in [4.78, 5) is 1.75. The number of hydrogen-bond donors (Lipinski definition) is 1. The summed E-state index contributed by atoms with van der Waals surface area (Å²) < 4.78 is 5.40. The molecule has 1 aromatic rings. The van der Waals surface area contributed by atoms with E-state index in [4.69, 9.17) is 21.6 Å². The van der Waals surface area contributed by atoms with E-state index in [9.17, 15) is 5.11 Å². The van der Waals surface area contributed by atoms with Crippen molar-refractivity contribution in [3.63, 3.8) is 0 Å². The fourth-order valence-electron chi connectivity index (χ4n) is 1.49. The molecule has 98 valence electrons. The number of ether oxygens (including phenoxy) is 1. The molecule has 0 aliphatic rings. The second kappa shape index (κ2) is 8.06. The minimum absolute atomic E-state index is 0.248. The van der Waals surface area contributed by atoms with E-state index in [2.05, 4.69) is 0 Å². The van der Waals surface area contributed by atoms with Crippen molar-refractivity contribution in [2.24, 2.45) is 0 Å². The third kappa shape index (κ3) is 5.99. The van der Waals surface area contributed by atoms with Gasteiger partial charge in [-0.15, -0.1) is 0 Å². The maximum Gasteiger partial charge on any atom is 0.0900 e. The number of nitriles is 1.